The Balaban J connectivity index is 2.15. The molecule has 2 rings (SSSR count). The molecule has 0 fully saturated rings. The van der Waals surface area contributed by atoms with E-state index >= 15 is 0 Å². The third-order valence-corrected chi connectivity index (χ3v) is 4.71. The summed E-state index contributed by atoms with van der Waals surface area (Å²) in [6.45, 7) is -3.29. The van der Waals surface area contributed by atoms with E-state index < -0.39 is 21.6 Å². The molecule has 7 nitrogen and oxygen atoms in total. The van der Waals surface area contributed by atoms with Crippen molar-refractivity contribution < 1.29 is 26.9 Å². The first-order valence-corrected chi connectivity index (χ1v) is 8.52. The SMILES string of the molecule is O=[N+]([O-])c1cccc(CNS(=O)(=O)c2ccc(OC(F)F)c(Cl)c2)c1. The number of nitrogens with one attached hydrogen (secondary N) is 1. The minimum Gasteiger partial charge on any atom is -0.433 e. The molecule has 0 heterocycles. The number of halogens is 3. The van der Waals surface area contributed by atoms with Gasteiger partial charge in [-0.15, -0.1) is 0 Å². The molecule has 0 spiro atoms. The van der Waals surface area contributed by atoms with Gasteiger partial charge in [-0.05, 0) is 23.8 Å². The zero-order valence-electron chi connectivity index (χ0n) is 12.4. The summed E-state index contributed by atoms with van der Waals surface area (Å²) >= 11 is 5.73. The molecule has 134 valence electrons. The summed E-state index contributed by atoms with van der Waals surface area (Å²) in [4.78, 5) is 9.85. The standard InChI is InChI=1S/C14H11ClF2N2O5S/c15-12-7-11(4-5-13(12)24-14(16)17)25(22,23)18-8-9-2-1-3-10(6-9)19(20)21/h1-7,14,18H,8H2. The van der Waals surface area contributed by atoms with Crippen molar-refractivity contribution in [3.8, 4) is 5.75 Å². The Kier molecular flexibility index (Phi) is 5.88. The number of nitrogens with zero attached hydrogens (tertiary/aromatic N) is 1. The number of hydrogen-bond acceptors (Lipinski definition) is 5. The number of nitro benzene ring substituents is 1. The molecule has 2 aromatic carbocycles. The third-order valence-electron chi connectivity index (χ3n) is 3.02. The summed E-state index contributed by atoms with van der Waals surface area (Å²) in [5.74, 6) is -0.352. The van der Waals surface area contributed by atoms with Gasteiger partial charge >= 0.3 is 6.61 Å². The van der Waals surface area contributed by atoms with Crippen molar-refractivity contribution in [1.82, 2.24) is 4.72 Å². The maximum Gasteiger partial charge on any atom is 0.387 e. The maximum absolute atomic E-state index is 12.2. The smallest absolute Gasteiger partial charge is 0.387 e. The molecule has 0 saturated carbocycles. The first-order valence-electron chi connectivity index (χ1n) is 6.66. The summed E-state index contributed by atoms with van der Waals surface area (Å²) in [6, 6.07) is 8.48. The lowest BCUT2D eigenvalue weighted by atomic mass is 10.2. The topological polar surface area (TPSA) is 98.5 Å². The van der Waals surface area contributed by atoms with Gasteiger partial charge in [-0.3, -0.25) is 10.1 Å². The van der Waals surface area contributed by atoms with Crippen LogP contribution in [0.15, 0.2) is 47.4 Å². The average molecular weight is 393 g/mol. The van der Waals surface area contributed by atoms with Crippen molar-refractivity contribution >= 4 is 27.3 Å². The molecule has 0 aliphatic heterocycles. The molecule has 0 unspecified atom stereocenters. The van der Waals surface area contributed by atoms with Crippen LogP contribution in [0.3, 0.4) is 0 Å². The second-order valence-corrected chi connectivity index (χ2v) is 6.90. The largest absolute Gasteiger partial charge is 0.433 e. The highest BCUT2D eigenvalue weighted by molar-refractivity contribution is 7.89. The lowest BCUT2D eigenvalue weighted by Gasteiger charge is -2.10. The lowest BCUT2D eigenvalue weighted by molar-refractivity contribution is -0.384. The summed E-state index contributed by atoms with van der Waals surface area (Å²) in [5, 5.41) is 10.4. The van der Waals surface area contributed by atoms with E-state index in [2.05, 4.69) is 9.46 Å². The van der Waals surface area contributed by atoms with Gasteiger partial charge in [0.2, 0.25) is 10.0 Å². The number of alkyl halides is 2. The van der Waals surface area contributed by atoms with E-state index in [9.17, 15) is 27.3 Å². The Morgan fingerprint density at radius 3 is 2.56 bits per heavy atom. The van der Waals surface area contributed by atoms with E-state index in [1.54, 1.807) is 0 Å². The predicted molar refractivity (Wildman–Crippen MR) is 85.2 cm³/mol. The predicted octanol–water partition coefficient (Wildman–Crippen LogP) is 3.33. The first kappa shape index (κ1) is 19.0. The molecular weight excluding hydrogens is 382 g/mol. The van der Waals surface area contributed by atoms with E-state index in [1.165, 1.54) is 24.3 Å². The van der Waals surface area contributed by atoms with E-state index in [0.29, 0.717) is 5.56 Å². The number of sulfonamides is 1. The number of nitro groups is 1. The Morgan fingerprint density at radius 1 is 1.24 bits per heavy atom. The van der Waals surface area contributed by atoms with Crippen LogP contribution in [0.25, 0.3) is 0 Å². The van der Waals surface area contributed by atoms with Crippen LogP contribution in [0.2, 0.25) is 5.02 Å². The highest BCUT2D eigenvalue weighted by Crippen LogP contribution is 2.28. The van der Waals surface area contributed by atoms with Gasteiger partial charge in [-0.2, -0.15) is 8.78 Å². The fourth-order valence-corrected chi connectivity index (χ4v) is 3.22. The monoisotopic (exact) mass is 392 g/mol. The fourth-order valence-electron chi connectivity index (χ4n) is 1.88. The van der Waals surface area contributed by atoms with Crippen molar-refractivity contribution in [1.29, 1.82) is 0 Å². The lowest BCUT2D eigenvalue weighted by Crippen LogP contribution is -2.23. The molecule has 0 atom stereocenters. The van der Waals surface area contributed by atoms with Gasteiger partial charge in [0.15, 0.2) is 0 Å². The molecule has 25 heavy (non-hydrogen) atoms. The number of hydrogen-bond donors (Lipinski definition) is 1. The Hall–Kier alpha value is -2.30. The maximum atomic E-state index is 12.2. The minimum absolute atomic E-state index is 0.173. The van der Waals surface area contributed by atoms with E-state index in [4.69, 9.17) is 11.6 Å². The zero-order chi connectivity index (χ0) is 18.6. The van der Waals surface area contributed by atoms with Gasteiger partial charge in [0.05, 0.1) is 14.8 Å². The number of ether oxygens (including phenoxy) is 1. The molecule has 0 radical (unpaired) electrons. The van der Waals surface area contributed by atoms with E-state index in [1.807, 2.05) is 0 Å². The molecule has 2 aromatic rings. The van der Waals surface area contributed by atoms with Crippen molar-refractivity contribution in [2.24, 2.45) is 0 Å². The normalized spacial score (nSPS) is 11.5. The Morgan fingerprint density at radius 2 is 1.96 bits per heavy atom. The van der Waals surface area contributed by atoms with Crippen molar-refractivity contribution in [2.75, 3.05) is 0 Å². The van der Waals surface area contributed by atoms with Crippen molar-refractivity contribution in [3.63, 3.8) is 0 Å². The van der Waals surface area contributed by atoms with E-state index in [-0.39, 0.29) is 27.9 Å². The van der Waals surface area contributed by atoms with Crippen LogP contribution in [-0.4, -0.2) is 20.0 Å². The van der Waals surface area contributed by atoms with Crippen LogP contribution in [0, 0.1) is 10.1 Å². The minimum atomic E-state index is -4.01. The molecule has 1 N–H and O–H groups in total. The van der Waals surface area contributed by atoms with Gasteiger partial charge in [-0.25, -0.2) is 13.1 Å². The molecule has 0 aliphatic carbocycles. The van der Waals surface area contributed by atoms with Gasteiger partial charge in [0.25, 0.3) is 5.69 Å². The second-order valence-electron chi connectivity index (χ2n) is 4.72. The van der Waals surface area contributed by atoms with Crippen molar-refractivity contribution in [3.05, 3.63) is 63.2 Å². The molecule has 0 amide bonds. The number of benzene rings is 2. The van der Waals surface area contributed by atoms with Crippen LogP contribution in [0.4, 0.5) is 14.5 Å². The fraction of sp³-hybridized carbons (Fsp3) is 0.143. The van der Waals surface area contributed by atoms with Gasteiger partial charge in [-0.1, -0.05) is 23.7 Å². The van der Waals surface area contributed by atoms with Crippen LogP contribution in [0.1, 0.15) is 5.56 Å². The quantitative estimate of drug-likeness (QED) is 0.575. The summed E-state index contributed by atoms with van der Waals surface area (Å²) in [7, 11) is -4.01. The third kappa shape index (κ3) is 5.08. The van der Waals surface area contributed by atoms with Crippen LogP contribution < -0.4 is 9.46 Å². The first-order chi connectivity index (χ1) is 11.7. The highest BCUT2D eigenvalue weighted by Gasteiger charge is 2.18. The summed E-state index contributed by atoms with van der Waals surface area (Å²) in [5.41, 5.74) is 0.203. The number of rotatable bonds is 7. The Labute approximate surface area is 146 Å². The summed E-state index contributed by atoms with van der Waals surface area (Å²) in [6.07, 6.45) is 0. The van der Waals surface area contributed by atoms with E-state index in [0.717, 1.165) is 18.2 Å². The molecule has 0 bridgehead atoms. The highest BCUT2D eigenvalue weighted by atomic mass is 35.5. The molecule has 0 aromatic heterocycles. The van der Waals surface area contributed by atoms with Crippen molar-refractivity contribution in [2.45, 2.75) is 18.1 Å². The van der Waals surface area contributed by atoms with Crippen LogP contribution in [0.5, 0.6) is 5.75 Å². The van der Waals surface area contributed by atoms with Crippen LogP contribution in [-0.2, 0) is 16.6 Å². The molecule has 0 aliphatic rings. The second kappa shape index (κ2) is 7.72. The number of non-ortho nitro benzene ring substituents is 1. The summed E-state index contributed by atoms with van der Waals surface area (Å²) < 4.78 is 55.2. The zero-order valence-corrected chi connectivity index (χ0v) is 13.9. The molecule has 0 saturated heterocycles. The van der Waals surface area contributed by atoms with Gasteiger partial charge in [0.1, 0.15) is 5.75 Å². The van der Waals surface area contributed by atoms with Crippen LogP contribution >= 0.6 is 11.6 Å². The Bertz CT molecular complexity index is 893. The van der Waals surface area contributed by atoms with Gasteiger partial charge < -0.3 is 4.74 Å². The average Bonchev–Trinajstić information content (AvgIpc) is 2.54. The van der Waals surface area contributed by atoms with Gasteiger partial charge in [0, 0.05) is 18.7 Å². The molecule has 11 heteroatoms. The molecular formula is C14H11ClF2N2O5S.